The zero-order valence-electron chi connectivity index (χ0n) is 10.0. The largest absolute Gasteiger partial charge is 0.347 e. The van der Waals surface area contributed by atoms with Crippen molar-refractivity contribution in [3.8, 4) is 0 Å². The smallest absolute Gasteiger partial charge is 0.268 e. The first-order valence-corrected chi connectivity index (χ1v) is 6.79. The van der Waals surface area contributed by atoms with Crippen LogP contribution in [0.2, 0.25) is 0 Å². The molecule has 0 aliphatic carbocycles. The molecule has 1 aromatic rings. The highest BCUT2D eigenvalue weighted by Gasteiger charge is 2.17. The fourth-order valence-electron chi connectivity index (χ4n) is 2.15. The van der Waals surface area contributed by atoms with Crippen LogP contribution < -0.4 is 10.6 Å². The number of aryl methyl sites for hydroxylation is 1. The van der Waals surface area contributed by atoms with Crippen LogP contribution in [0.5, 0.6) is 0 Å². The first-order valence-electron chi connectivity index (χ1n) is 6.00. The van der Waals surface area contributed by atoms with Gasteiger partial charge in [0.2, 0.25) is 0 Å². The normalized spacial score (nSPS) is 20.9. The van der Waals surface area contributed by atoms with Crippen molar-refractivity contribution < 1.29 is 4.79 Å². The third-order valence-corrected chi connectivity index (χ3v) is 3.52. The molecule has 1 amide bonds. The molecule has 5 heteroatoms. The van der Waals surface area contributed by atoms with Crippen molar-refractivity contribution in [3.63, 3.8) is 0 Å². The van der Waals surface area contributed by atoms with E-state index in [0.717, 1.165) is 24.0 Å². The molecule has 4 nitrogen and oxygen atoms in total. The number of nitrogens with zero attached hydrogens (tertiary/aromatic N) is 1. The van der Waals surface area contributed by atoms with Crippen molar-refractivity contribution in [2.75, 3.05) is 13.1 Å². The van der Waals surface area contributed by atoms with Crippen LogP contribution in [0.3, 0.4) is 0 Å². The minimum Gasteiger partial charge on any atom is -0.347 e. The summed E-state index contributed by atoms with van der Waals surface area (Å²) in [6.45, 7) is 1.93. The Morgan fingerprint density at radius 3 is 3.12 bits per heavy atom. The van der Waals surface area contributed by atoms with E-state index in [9.17, 15) is 4.79 Å². The average molecular weight is 300 g/mol. The lowest BCUT2D eigenvalue weighted by atomic mass is 10.1. The maximum Gasteiger partial charge on any atom is 0.268 e. The van der Waals surface area contributed by atoms with E-state index in [4.69, 9.17) is 0 Å². The first-order chi connectivity index (χ1) is 8.16. The highest BCUT2D eigenvalue weighted by molar-refractivity contribution is 9.10. The maximum absolute atomic E-state index is 12.1. The highest BCUT2D eigenvalue weighted by atomic mass is 79.9. The van der Waals surface area contributed by atoms with Gasteiger partial charge in [0.25, 0.3) is 5.91 Å². The fraction of sp³-hybridized carbons (Fsp3) is 0.583. The summed E-state index contributed by atoms with van der Waals surface area (Å²) in [5.41, 5.74) is 0.695. The Kier molecular flexibility index (Phi) is 4.23. The molecule has 1 aliphatic rings. The number of rotatable bonds is 2. The number of nitrogens with one attached hydrogen (secondary N) is 2. The molecule has 0 spiro atoms. The quantitative estimate of drug-likeness (QED) is 0.872. The third-order valence-electron chi connectivity index (χ3n) is 3.09. The SMILES string of the molecule is Cn1cc(Br)cc1C(=O)NC1CCCCNC1. The van der Waals surface area contributed by atoms with Crippen molar-refractivity contribution in [1.82, 2.24) is 15.2 Å². The van der Waals surface area contributed by atoms with E-state index < -0.39 is 0 Å². The first kappa shape index (κ1) is 12.6. The molecule has 1 aliphatic heterocycles. The number of hydrogen-bond donors (Lipinski definition) is 2. The Labute approximate surface area is 110 Å². The average Bonchev–Trinajstić information content (AvgIpc) is 2.51. The van der Waals surface area contributed by atoms with Crippen LogP contribution in [0.25, 0.3) is 0 Å². The van der Waals surface area contributed by atoms with Crippen LogP contribution in [0, 0.1) is 0 Å². The zero-order valence-corrected chi connectivity index (χ0v) is 11.6. The maximum atomic E-state index is 12.1. The Morgan fingerprint density at radius 1 is 1.59 bits per heavy atom. The third kappa shape index (κ3) is 3.33. The lowest BCUT2D eigenvalue weighted by molar-refractivity contribution is 0.0927. The van der Waals surface area contributed by atoms with Crippen LogP contribution in [0.1, 0.15) is 29.8 Å². The summed E-state index contributed by atoms with van der Waals surface area (Å²) in [5.74, 6) is 0.00639. The molecule has 2 rings (SSSR count). The van der Waals surface area contributed by atoms with Gasteiger partial charge in [-0.05, 0) is 41.4 Å². The Bertz CT molecular complexity index is 394. The monoisotopic (exact) mass is 299 g/mol. The van der Waals surface area contributed by atoms with Crippen LogP contribution in [0.4, 0.5) is 0 Å². The van der Waals surface area contributed by atoms with E-state index >= 15 is 0 Å². The van der Waals surface area contributed by atoms with E-state index in [1.165, 1.54) is 12.8 Å². The molecule has 17 heavy (non-hydrogen) atoms. The van der Waals surface area contributed by atoms with Gasteiger partial charge in [0.1, 0.15) is 5.69 Å². The molecule has 2 heterocycles. The number of amides is 1. The van der Waals surface area contributed by atoms with Crippen molar-refractivity contribution >= 4 is 21.8 Å². The van der Waals surface area contributed by atoms with Crippen molar-refractivity contribution in [3.05, 3.63) is 22.4 Å². The van der Waals surface area contributed by atoms with Gasteiger partial charge in [0.15, 0.2) is 0 Å². The van der Waals surface area contributed by atoms with Gasteiger partial charge >= 0.3 is 0 Å². The standard InChI is InChI=1S/C12H18BrN3O/c1-16-8-9(13)6-11(16)12(17)15-10-4-2-3-5-14-7-10/h6,8,10,14H,2-5,7H2,1H3,(H,15,17). The number of halogens is 1. The molecule has 0 bridgehead atoms. The van der Waals surface area contributed by atoms with Gasteiger partial charge < -0.3 is 15.2 Å². The lowest BCUT2D eigenvalue weighted by Gasteiger charge is -2.16. The second-order valence-corrected chi connectivity index (χ2v) is 5.44. The predicted molar refractivity (Wildman–Crippen MR) is 71.1 cm³/mol. The highest BCUT2D eigenvalue weighted by Crippen LogP contribution is 2.14. The second-order valence-electron chi connectivity index (χ2n) is 4.52. The van der Waals surface area contributed by atoms with Gasteiger partial charge in [-0.2, -0.15) is 0 Å². The van der Waals surface area contributed by atoms with Crippen LogP contribution in [0.15, 0.2) is 16.7 Å². The summed E-state index contributed by atoms with van der Waals surface area (Å²) in [6, 6.07) is 2.10. The molecule has 1 saturated heterocycles. The fourth-order valence-corrected chi connectivity index (χ4v) is 2.68. The molecule has 1 unspecified atom stereocenters. The van der Waals surface area contributed by atoms with E-state index in [2.05, 4.69) is 26.6 Å². The Balaban J connectivity index is 1.98. The minimum absolute atomic E-state index is 0.00639. The Hall–Kier alpha value is -0.810. The van der Waals surface area contributed by atoms with E-state index in [1.54, 1.807) is 0 Å². The summed E-state index contributed by atoms with van der Waals surface area (Å²) in [4.78, 5) is 12.1. The zero-order chi connectivity index (χ0) is 12.3. The van der Waals surface area contributed by atoms with Crippen LogP contribution >= 0.6 is 15.9 Å². The van der Waals surface area contributed by atoms with Gasteiger partial charge in [0.05, 0.1) is 0 Å². The number of hydrogen-bond acceptors (Lipinski definition) is 2. The summed E-state index contributed by atoms with van der Waals surface area (Å²) in [5, 5.41) is 6.43. The summed E-state index contributed by atoms with van der Waals surface area (Å²) < 4.78 is 2.77. The molecule has 0 radical (unpaired) electrons. The lowest BCUT2D eigenvalue weighted by Crippen LogP contribution is -2.41. The van der Waals surface area contributed by atoms with Crippen molar-refractivity contribution in [1.29, 1.82) is 0 Å². The van der Waals surface area contributed by atoms with Gasteiger partial charge in [-0.1, -0.05) is 6.42 Å². The van der Waals surface area contributed by atoms with Gasteiger partial charge in [0, 0.05) is 30.3 Å². The van der Waals surface area contributed by atoms with Crippen LogP contribution in [-0.2, 0) is 7.05 Å². The number of carbonyl (C=O) groups is 1. The van der Waals surface area contributed by atoms with Crippen molar-refractivity contribution in [2.45, 2.75) is 25.3 Å². The summed E-state index contributed by atoms with van der Waals surface area (Å²) in [6.07, 6.45) is 5.32. The van der Waals surface area contributed by atoms with Crippen LogP contribution in [-0.4, -0.2) is 29.6 Å². The molecular formula is C12H18BrN3O. The predicted octanol–water partition coefficient (Wildman–Crippen LogP) is 1.66. The van der Waals surface area contributed by atoms with Crippen molar-refractivity contribution in [2.24, 2.45) is 7.05 Å². The minimum atomic E-state index is 0.00639. The van der Waals surface area contributed by atoms with E-state index in [-0.39, 0.29) is 11.9 Å². The molecule has 0 aromatic carbocycles. The Morgan fingerprint density at radius 2 is 2.41 bits per heavy atom. The van der Waals surface area contributed by atoms with Gasteiger partial charge in [-0.3, -0.25) is 4.79 Å². The summed E-state index contributed by atoms with van der Waals surface area (Å²) in [7, 11) is 1.88. The van der Waals surface area contributed by atoms with E-state index in [0.29, 0.717) is 5.69 Å². The van der Waals surface area contributed by atoms with Gasteiger partial charge in [-0.25, -0.2) is 0 Å². The van der Waals surface area contributed by atoms with E-state index in [1.807, 2.05) is 23.9 Å². The topological polar surface area (TPSA) is 46.1 Å². The molecule has 1 atom stereocenters. The summed E-state index contributed by atoms with van der Waals surface area (Å²) >= 11 is 3.38. The van der Waals surface area contributed by atoms with Gasteiger partial charge in [-0.15, -0.1) is 0 Å². The molecule has 94 valence electrons. The molecular weight excluding hydrogens is 282 g/mol. The number of aromatic nitrogens is 1. The molecule has 1 aromatic heterocycles. The molecule has 1 fully saturated rings. The number of carbonyl (C=O) groups excluding carboxylic acids is 1. The molecule has 0 saturated carbocycles. The molecule has 2 N–H and O–H groups in total. The second kappa shape index (κ2) is 5.69.